The average molecular weight is 275 g/mol. The van der Waals surface area contributed by atoms with E-state index in [1.165, 1.54) is 13.2 Å². The summed E-state index contributed by atoms with van der Waals surface area (Å²) in [6, 6.07) is 2.87. The van der Waals surface area contributed by atoms with Crippen LogP contribution in [0, 0.1) is 11.7 Å². The van der Waals surface area contributed by atoms with Gasteiger partial charge in [-0.1, -0.05) is 0 Å². The molecule has 0 amide bonds. The fourth-order valence-electron chi connectivity index (χ4n) is 1.63. The van der Waals surface area contributed by atoms with E-state index in [2.05, 4.69) is 15.9 Å². The van der Waals surface area contributed by atoms with Gasteiger partial charge in [-0.15, -0.1) is 0 Å². The summed E-state index contributed by atoms with van der Waals surface area (Å²) in [5, 5.41) is 9.92. The molecule has 2 rings (SSSR count). The molecule has 0 heterocycles. The Morgan fingerprint density at radius 3 is 2.73 bits per heavy atom. The lowest BCUT2D eigenvalue weighted by Crippen LogP contribution is -2.05. The molecule has 0 bridgehead atoms. The molecule has 1 saturated carbocycles. The van der Waals surface area contributed by atoms with E-state index in [0.29, 0.717) is 15.8 Å². The molecule has 1 aromatic rings. The molecule has 0 radical (unpaired) electrons. The third-order valence-electron chi connectivity index (χ3n) is 2.68. The van der Waals surface area contributed by atoms with Gasteiger partial charge in [0.15, 0.2) is 0 Å². The highest BCUT2D eigenvalue weighted by Gasteiger charge is 2.34. The van der Waals surface area contributed by atoms with Crippen molar-refractivity contribution in [3.63, 3.8) is 0 Å². The van der Waals surface area contributed by atoms with Crippen molar-refractivity contribution in [1.29, 1.82) is 0 Å². The van der Waals surface area contributed by atoms with Crippen LogP contribution < -0.4 is 4.74 Å². The monoisotopic (exact) mass is 274 g/mol. The Morgan fingerprint density at radius 2 is 2.20 bits per heavy atom. The van der Waals surface area contributed by atoms with E-state index in [9.17, 15) is 9.50 Å². The number of ether oxygens (including phenoxy) is 1. The minimum atomic E-state index is -0.727. The van der Waals surface area contributed by atoms with Gasteiger partial charge in [-0.25, -0.2) is 4.39 Å². The molecule has 0 saturated heterocycles. The molecule has 1 fully saturated rings. The Labute approximate surface area is 96.2 Å². The second-order valence-electron chi connectivity index (χ2n) is 3.76. The lowest BCUT2D eigenvalue weighted by atomic mass is 10.0. The van der Waals surface area contributed by atoms with Crippen LogP contribution in [0.3, 0.4) is 0 Å². The molecule has 2 nitrogen and oxygen atoms in total. The Bertz CT molecular complexity index is 377. The van der Waals surface area contributed by atoms with Crippen LogP contribution in [-0.2, 0) is 0 Å². The number of hydrogen-bond donors (Lipinski definition) is 1. The molecule has 1 aliphatic carbocycles. The first-order valence-electron chi connectivity index (χ1n) is 4.85. The fourth-order valence-corrected chi connectivity index (χ4v) is 2.34. The van der Waals surface area contributed by atoms with E-state index < -0.39 is 6.10 Å². The quantitative estimate of drug-likeness (QED) is 0.918. The SMILES string of the molecule is COc1ccc(F)c(C(O)C2CC2)c1Br. The van der Waals surface area contributed by atoms with Gasteiger partial charge in [0.05, 0.1) is 17.7 Å². The van der Waals surface area contributed by atoms with Crippen molar-refractivity contribution < 1.29 is 14.2 Å². The van der Waals surface area contributed by atoms with Gasteiger partial charge in [0, 0.05) is 5.56 Å². The normalized spacial score (nSPS) is 17.6. The zero-order valence-electron chi connectivity index (χ0n) is 8.34. The van der Waals surface area contributed by atoms with E-state index in [1.807, 2.05) is 0 Å². The summed E-state index contributed by atoms with van der Waals surface area (Å²) in [5.41, 5.74) is 0.317. The van der Waals surface area contributed by atoms with Gasteiger partial charge in [-0.3, -0.25) is 0 Å². The van der Waals surface area contributed by atoms with Crippen molar-refractivity contribution in [2.75, 3.05) is 7.11 Å². The van der Waals surface area contributed by atoms with Crippen molar-refractivity contribution in [2.24, 2.45) is 5.92 Å². The van der Waals surface area contributed by atoms with Gasteiger partial charge in [0.25, 0.3) is 0 Å². The summed E-state index contributed by atoms with van der Waals surface area (Å²) in [5.74, 6) is 0.357. The minimum absolute atomic E-state index is 0.197. The fraction of sp³-hybridized carbons (Fsp3) is 0.455. The van der Waals surface area contributed by atoms with E-state index in [0.717, 1.165) is 12.8 Å². The molecule has 0 spiro atoms. The summed E-state index contributed by atoms with van der Waals surface area (Å²) in [6.07, 6.45) is 1.20. The second-order valence-corrected chi connectivity index (χ2v) is 4.55. The standard InChI is InChI=1S/C11H12BrFO2/c1-15-8-5-4-7(13)9(10(8)12)11(14)6-2-3-6/h4-6,11,14H,2-3H2,1H3. The number of halogens is 2. The highest BCUT2D eigenvalue weighted by molar-refractivity contribution is 9.10. The van der Waals surface area contributed by atoms with Crippen LogP contribution in [0.2, 0.25) is 0 Å². The third-order valence-corrected chi connectivity index (χ3v) is 3.49. The van der Waals surface area contributed by atoms with Gasteiger partial charge >= 0.3 is 0 Å². The first-order valence-corrected chi connectivity index (χ1v) is 5.64. The average Bonchev–Trinajstić information content (AvgIpc) is 3.01. The lowest BCUT2D eigenvalue weighted by molar-refractivity contribution is 0.148. The van der Waals surface area contributed by atoms with Crippen LogP contribution >= 0.6 is 15.9 Å². The maximum atomic E-state index is 13.6. The van der Waals surface area contributed by atoms with Crippen molar-refractivity contribution in [2.45, 2.75) is 18.9 Å². The van der Waals surface area contributed by atoms with Crippen LogP contribution in [-0.4, -0.2) is 12.2 Å². The third kappa shape index (κ3) is 2.01. The van der Waals surface area contributed by atoms with Gasteiger partial charge in [0.1, 0.15) is 11.6 Å². The molecule has 0 aliphatic heterocycles. The summed E-state index contributed by atoms with van der Waals surface area (Å²) < 4.78 is 19.1. The van der Waals surface area contributed by atoms with Crippen molar-refractivity contribution >= 4 is 15.9 Å². The molecule has 1 aromatic carbocycles. The minimum Gasteiger partial charge on any atom is -0.496 e. The van der Waals surface area contributed by atoms with Gasteiger partial charge in [-0.05, 0) is 46.8 Å². The van der Waals surface area contributed by atoms with Crippen molar-refractivity contribution in [3.8, 4) is 5.75 Å². The molecule has 0 aromatic heterocycles. The van der Waals surface area contributed by atoms with Crippen LogP contribution in [0.1, 0.15) is 24.5 Å². The Balaban J connectivity index is 2.42. The number of hydrogen-bond acceptors (Lipinski definition) is 2. The molecular formula is C11H12BrFO2. The van der Waals surface area contributed by atoms with Gasteiger partial charge in [-0.2, -0.15) is 0 Å². The molecule has 1 aliphatic rings. The Morgan fingerprint density at radius 1 is 1.53 bits per heavy atom. The lowest BCUT2D eigenvalue weighted by Gasteiger charge is -2.15. The predicted octanol–water partition coefficient (Wildman–Crippen LogP) is 3.04. The molecule has 4 heteroatoms. The molecule has 15 heavy (non-hydrogen) atoms. The first-order chi connectivity index (χ1) is 7.15. The summed E-state index contributed by atoms with van der Waals surface area (Å²) in [6.45, 7) is 0. The van der Waals surface area contributed by atoms with Gasteiger partial charge < -0.3 is 9.84 Å². The van der Waals surface area contributed by atoms with Crippen LogP contribution in [0.4, 0.5) is 4.39 Å². The van der Waals surface area contributed by atoms with E-state index in [-0.39, 0.29) is 11.7 Å². The smallest absolute Gasteiger partial charge is 0.133 e. The van der Waals surface area contributed by atoms with E-state index in [4.69, 9.17) is 4.74 Å². The first kappa shape index (κ1) is 10.9. The number of benzene rings is 1. The summed E-state index contributed by atoms with van der Waals surface area (Å²) in [4.78, 5) is 0. The molecule has 82 valence electrons. The largest absolute Gasteiger partial charge is 0.496 e. The molecular weight excluding hydrogens is 263 g/mol. The van der Waals surface area contributed by atoms with E-state index in [1.54, 1.807) is 6.07 Å². The topological polar surface area (TPSA) is 29.5 Å². The highest BCUT2D eigenvalue weighted by atomic mass is 79.9. The number of aliphatic hydroxyl groups excluding tert-OH is 1. The maximum absolute atomic E-state index is 13.6. The van der Waals surface area contributed by atoms with Crippen LogP contribution in [0.5, 0.6) is 5.75 Å². The number of aliphatic hydroxyl groups is 1. The highest BCUT2D eigenvalue weighted by Crippen LogP contribution is 2.45. The van der Waals surface area contributed by atoms with E-state index >= 15 is 0 Å². The molecule has 1 N–H and O–H groups in total. The maximum Gasteiger partial charge on any atom is 0.133 e. The van der Waals surface area contributed by atoms with Crippen LogP contribution in [0.25, 0.3) is 0 Å². The molecule has 1 unspecified atom stereocenters. The zero-order valence-corrected chi connectivity index (χ0v) is 9.92. The predicted molar refractivity (Wildman–Crippen MR) is 58.3 cm³/mol. The summed E-state index contributed by atoms with van der Waals surface area (Å²) in [7, 11) is 1.52. The van der Waals surface area contributed by atoms with Crippen molar-refractivity contribution in [1.82, 2.24) is 0 Å². The zero-order chi connectivity index (χ0) is 11.0. The van der Waals surface area contributed by atoms with Crippen LogP contribution in [0.15, 0.2) is 16.6 Å². The Hall–Kier alpha value is -0.610. The van der Waals surface area contributed by atoms with Gasteiger partial charge in [0.2, 0.25) is 0 Å². The van der Waals surface area contributed by atoms with Crippen molar-refractivity contribution in [3.05, 3.63) is 28.0 Å². The number of methoxy groups -OCH3 is 1. The Kier molecular flexibility index (Phi) is 2.98. The molecule has 1 atom stereocenters. The number of rotatable bonds is 3. The summed E-state index contributed by atoms with van der Waals surface area (Å²) >= 11 is 3.26. The second kappa shape index (κ2) is 4.10.